The smallest absolute Gasteiger partial charge is 0.410 e. The first-order chi connectivity index (χ1) is 13.1. The highest BCUT2D eigenvalue weighted by Gasteiger charge is 2.22. The van der Waals surface area contributed by atoms with Crippen LogP contribution in [0.3, 0.4) is 0 Å². The summed E-state index contributed by atoms with van der Waals surface area (Å²) in [4.78, 5) is 15.0. The maximum atomic E-state index is 12.8. The molecule has 0 spiro atoms. The Bertz CT molecular complexity index is 751. The Morgan fingerprint density at radius 3 is 2.44 bits per heavy atom. The van der Waals surface area contributed by atoms with Crippen LogP contribution in [-0.2, 0) is 9.47 Å². The molecule has 0 saturated carbocycles. The van der Waals surface area contributed by atoms with E-state index in [1.165, 1.54) is 19.1 Å². The molecule has 0 fully saturated rings. The van der Waals surface area contributed by atoms with E-state index in [9.17, 15) is 4.79 Å². The van der Waals surface area contributed by atoms with Crippen molar-refractivity contribution in [3.05, 3.63) is 54.6 Å². The monoisotopic (exact) mass is 388 g/mol. The van der Waals surface area contributed by atoms with E-state index >= 15 is 0 Å². The number of methoxy groups -OCH3 is 2. The van der Waals surface area contributed by atoms with Gasteiger partial charge in [0.1, 0.15) is 5.75 Å². The largest absolute Gasteiger partial charge is 0.419 e. The predicted octanol–water partition coefficient (Wildman–Crippen LogP) is 4.46. The second-order valence-corrected chi connectivity index (χ2v) is 6.14. The molecule has 0 bridgehead atoms. The maximum Gasteiger partial charge on any atom is 0.419 e. The van der Waals surface area contributed by atoms with Crippen LogP contribution in [0, 0.1) is 0 Å². The average molecular weight is 388 g/mol. The van der Waals surface area contributed by atoms with E-state index in [0.29, 0.717) is 16.4 Å². The molecule has 0 aromatic heterocycles. The highest BCUT2D eigenvalue weighted by Crippen LogP contribution is 2.21. The lowest BCUT2D eigenvalue weighted by Crippen LogP contribution is -2.40. The Morgan fingerprint density at radius 2 is 1.81 bits per heavy atom. The van der Waals surface area contributed by atoms with Gasteiger partial charge in [0.15, 0.2) is 6.29 Å². The van der Waals surface area contributed by atoms with Crippen LogP contribution < -0.4 is 15.0 Å². The van der Waals surface area contributed by atoms with Crippen LogP contribution in [0.25, 0.3) is 0 Å². The zero-order chi connectivity index (χ0) is 19.6. The van der Waals surface area contributed by atoms with E-state index in [1.807, 2.05) is 43.3 Å². The number of amides is 1. The SMILES string of the molecule is CCC(=S)Nc1cccc(OC(=O)N(CC(OC)OC)c2ccccc2)c1. The van der Waals surface area contributed by atoms with Crippen molar-refractivity contribution in [1.29, 1.82) is 0 Å². The third kappa shape index (κ3) is 6.32. The molecule has 0 aliphatic carbocycles. The van der Waals surface area contributed by atoms with Crippen molar-refractivity contribution in [3.8, 4) is 5.75 Å². The molecule has 2 rings (SSSR count). The first-order valence-corrected chi connectivity index (χ1v) is 8.98. The minimum atomic E-state index is -0.576. The van der Waals surface area contributed by atoms with Crippen LogP contribution in [0.1, 0.15) is 13.3 Å². The fourth-order valence-corrected chi connectivity index (χ4v) is 2.45. The summed E-state index contributed by atoms with van der Waals surface area (Å²) in [6, 6.07) is 16.3. The predicted molar refractivity (Wildman–Crippen MR) is 111 cm³/mol. The van der Waals surface area contributed by atoms with Crippen molar-refractivity contribution in [2.45, 2.75) is 19.6 Å². The zero-order valence-electron chi connectivity index (χ0n) is 15.7. The first kappa shape index (κ1) is 20.8. The third-order valence-electron chi connectivity index (χ3n) is 3.79. The van der Waals surface area contributed by atoms with E-state index in [1.54, 1.807) is 18.2 Å². The Hall–Kier alpha value is -2.48. The van der Waals surface area contributed by atoms with E-state index in [-0.39, 0.29) is 6.54 Å². The van der Waals surface area contributed by atoms with Gasteiger partial charge < -0.3 is 19.5 Å². The van der Waals surface area contributed by atoms with Crippen molar-refractivity contribution in [2.75, 3.05) is 31.0 Å². The molecule has 0 aliphatic rings. The quantitative estimate of drug-likeness (QED) is 0.532. The third-order valence-corrected chi connectivity index (χ3v) is 4.18. The number of carbonyl (C=O) groups excluding carboxylic acids is 1. The number of hydrogen-bond acceptors (Lipinski definition) is 5. The van der Waals surface area contributed by atoms with Gasteiger partial charge in [-0.05, 0) is 30.7 Å². The van der Waals surface area contributed by atoms with Crippen LogP contribution in [0.15, 0.2) is 54.6 Å². The standard InChI is InChI=1S/C20H24N2O4S/c1-4-18(27)21-15-9-8-12-17(13-15)26-20(23)22(14-19(24-2)25-3)16-10-6-5-7-11-16/h5-13,19H,4,14H2,1-3H3,(H,21,27). The minimum Gasteiger partial charge on any atom is -0.410 e. The van der Waals surface area contributed by atoms with E-state index in [4.69, 9.17) is 26.4 Å². The number of hydrogen-bond donors (Lipinski definition) is 1. The summed E-state index contributed by atoms with van der Waals surface area (Å²) in [5, 5.41) is 3.10. The molecule has 2 aromatic rings. The van der Waals surface area contributed by atoms with Gasteiger partial charge in [-0.15, -0.1) is 0 Å². The van der Waals surface area contributed by atoms with Gasteiger partial charge in [0, 0.05) is 31.7 Å². The summed E-state index contributed by atoms with van der Waals surface area (Å²) < 4.78 is 16.0. The maximum absolute atomic E-state index is 12.8. The summed E-state index contributed by atoms with van der Waals surface area (Å²) in [7, 11) is 3.04. The molecule has 0 saturated heterocycles. The fourth-order valence-electron chi connectivity index (χ4n) is 2.33. The molecule has 6 nitrogen and oxygen atoms in total. The highest BCUT2D eigenvalue weighted by molar-refractivity contribution is 7.80. The lowest BCUT2D eigenvalue weighted by molar-refractivity contribution is -0.0943. The average Bonchev–Trinajstić information content (AvgIpc) is 2.69. The molecule has 2 aromatic carbocycles. The van der Waals surface area contributed by atoms with E-state index < -0.39 is 12.4 Å². The van der Waals surface area contributed by atoms with Gasteiger partial charge in [-0.25, -0.2) is 4.79 Å². The van der Waals surface area contributed by atoms with Crippen molar-refractivity contribution in [1.82, 2.24) is 0 Å². The Balaban J connectivity index is 2.18. The molecule has 0 radical (unpaired) electrons. The number of nitrogens with zero attached hydrogens (tertiary/aromatic N) is 1. The first-order valence-electron chi connectivity index (χ1n) is 8.57. The zero-order valence-corrected chi connectivity index (χ0v) is 16.5. The number of rotatable bonds is 8. The van der Waals surface area contributed by atoms with Gasteiger partial charge in [-0.1, -0.05) is 43.4 Å². The van der Waals surface area contributed by atoms with Crippen molar-refractivity contribution in [3.63, 3.8) is 0 Å². The normalized spacial score (nSPS) is 10.5. The highest BCUT2D eigenvalue weighted by atomic mass is 32.1. The number of nitrogens with one attached hydrogen (secondary N) is 1. The molecule has 1 amide bonds. The number of benzene rings is 2. The topological polar surface area (TPSA) is 60.0 Å². The van der Waals surface area contributed by atoms with Gasteiger partial charge in [-0.2, -0.15) is 0 Å². The Labute approximate surface area is 165 Å². The molecule has 7 heteroatoms. The van der Waals surface area contributed by atoms with E-state index in [2.05, 4.69) is 5.32 Å². The summed E-state index contributed by atoms with van der Waals surface area (Å²) in [5.41, 5.74) is 1.45. The molecule has 1 N–H and O–H groups in total. The van der Waals surface area contributed by atoms with Gasteiger partial charge in [0.2, 0.25) is 0 Å². The van der Waals surface area contributed by atoms with Gasteiger partial charge in [0.05, 0.1) is 11.5 Å². The van der Waals surface area contributed by atoms with Crippen LogP contribution in [-0.4, -0.2) is 38.1 Å². The molecule has 0 aliphatic heterocycles. The molecule has 0 atom stereocenters. The van der Waals surface area contributed by atoms with Crippen molar-refractivity contribution < 1.29 is 19.0 Å². The fraction of sp³-hybridized carbons (Fsp3) is 0.300. The number of ether oxygens (including phenoxy) is 3. The minimum absolute atomic E-state index is 0.188. The Morgan fingerprint density at radius 1 is 1.11 bits per heavy atom. The molecular weight excluding hydrogens is 364 g/mol. The van der Waals surface area contributed by atoms with Crippen LogP contribution >= 0.6 is 12.2 Å². The summed E-state index contributed by atoms with van der Waals surface area (Å²) in [6.45, 7) is 2.16. The van der Waals surface area contributed by atoms with Gasteiger partial charge >= 0.3 is 6.09 Å². The number of carbonyl (C=O) groups is 1. The lowest BCUT2D eigenvalue weighted by Gasteiger charge is -2.25. The molecule has 0 unspecified atom stereocenters. The summed E-state index contributed by atoms with van der Waals surface area (Å²) in [5.74, 6) is 0.413. The van der Waals surface area contributed by atoms with Crippen LogP contribution in [0.5, 0.6) is 5.75 Å². The van der Waals surface area contributed by atoms with Crippen molar-refractivity contribution >= 4 is 34.7 Å². The van der Waals surface area contributed by atoms with Gasteiger partial charge in [0.25, 0.3) is 0 Å². The van der Waals surface area contributed by atoms with Crippen LogP contribution in [0.4, 0.5) is 16.2 Å². The lowest BCUT2D eigenvalue weighted by atomic mass is 10.3. The molecule has 144 valence electrons. The van der Waals surface area contributed by atoms with E-state index in [0.717, 1.165) is 12.1 Å². The summed E-state index contributed by atoms with van der Waals surface area (Å²) in [6.07, 6.45) is -0.375. The number of anilines is 2. The second kappa shape index (κ2) is 10.6. The van der Waals surface area contributed by atoms with Crippen LogP contribution in [0.2, 0.25) is 0 Å². The molecule has 0 heterocycles. The number of para-hydroxylation sites is 1. The molecular formula is C20H24N2O4S. The van der Waals surface area contributed by atoms with Gasteiger partial charge in [-0.3, -0.25) is 4.90 Å². The Kier molecular flexibility index (Phi) is 8.19. The second-order valence-electron chi connectivity index (χ2n) is 5.64. The molecule has 27 heavy (non-hydrogen) atoms. The van der Waals surface area contributed by atoms with Crippen molar-refractivity contribution in [2.24, 2.45) is 0 Å². The summed E-state index contributed by atoms with van der Waals surface area (Å²) >= 11 is 5.19. The number of thiocarbonyl (C=S) groups is 1.